The molecule has 0 radical (unpaired) electrons. The minimum Gasteiger partial charge on any atom is -0.390 e. The number of rotatable bonds is 9. The van der Waals surface area contributed by atoms with Gasteiger partial charge < -0.3 is 5.11 Å². The first-order chi connectivity index (χ1) is 15.3. The first kappa shape index (κ1) is 24.6. The van der Waals surface area contributed by atoms with Gasteiger partial charge >= 0.3 is 0 Å². The van der Waals surface area contributed by atoms with Crippen molar-refractivity contribution >= 4 is 17.5 Å². The van der Waals surface area contributed by atoms with E-state index >= 15 is 0 Å². The summed E-state index contributed by atoms with van der Waals surface area (Å²) < 4.78 is 0. The molecule has 3 fully saturated rings. The van der Waals surface area contributed by atoms with E-state index in [1.165, 1.54) is 38.5 Å². The molecule has 0 aliphatic heterocycles. The van der Waals surface area contributed by atoms with Crippen LogP contribution in [0.5, 0.6) is 0 Å². The minimum atomic E-state index is -0.474. The Morgan fingerprint density at radius 3 is 2.62 bits per heavy atom. The van der Waals surface area contributed by atoms with Gasteiger partial charge in [0.1, 0.15) is 5.78 Å². The summed E-state index contributed by atoms with van der Waals surface area (Å²) in [5.41, 5.74) is 3.38. The van der Waals surface area contributed by atoms with Gasteiger partial charge in [0.25, 0.3) is 0 Å². The molecule has 0 amide bonds. The van der Waals surface area contributed by atoms with Gasteiger partial charge in [-0.25, -0.2) is 0 Å². The Morgan fingerprint density at radius 1 is 1.09 bits per heavy atom. The van der Waals surface area contributed by atoms with Crippen molar-refractivity contribution in [3.8, 4) is 0 Å². The summed E-state index contributed by atoms with van der Waals surface area (Å²) in [6.07, 6.45) is 18.2. The molecule has 4 aliphatic carbocycles. The van der Waals surface area contributed by atoms with Gasteiger partial charge in [0.05, 0.1) is 5.60 Å². The number of Topliss-reactive ketones (excluding diaryl/α,β-unsaturated/α-hetero) is 1. The molecule has 0 aromatic carbocycles. The van der Waals surface area contributed by atoms with Gasteiger partial charge in [0, 0.05) is 12.3 Å². The Kier molecular flexibility index (Phi) is 7.38. The van der Waals surface area contributed by atoms with Crippen molar-refractivity contribution in [3.05, 3.63) is 23.3 Å². The first-order valence-corrected chi connectivity index (χ1v) is 14.7. The lowest BCUT2D eigenvalue weighted by Crippen LogP contribution is -2.44. The van der Waals surface area contributed by atoms with Gasteiger partial charge in [-0.05, 0) is 98.4 Å². The molecule has 4 aliphatic rings. The number of fused-ring (bicyclic) bond motifs is 5. The van der Waals surface area contributed by atoms with Crippen molar-refractivity contribution in [1.29, 1.82) is 0 Å². The highest BCUT2D eigenvalue weighted by atomic mass is 32.2. The first-order valence-electron chi connectivity index (χ1n) is 13.5. The SMILES string of the molecule is CCC(O)(CC)CCCSCC[C@H]1C(=O)C[C@H]2C3=CC=C4CCCC[C@]4(C)[C@H]3CC[C@]12C. The van der Waals surface area contributed by atoms with Crippen LogP contribution >= 0.6 is 11.8 Å². The molecule has 0 unspecified atom stereocenters. The highest BCUT2D eigenvalue weighted by Gasteiger charge is 2.58. The van der Waals surface area contributed by atoms with Crippen molar-refractivity contribution in [1.82, 2.24) is 0 Å². The lowest BCUT2D eigenvalue weighted by Gasteiger charge is -2.54. The van der Waals surface area contributed by atoms with Gasteiger partial charge in [0.15, 0.2) is 0 Å². The summed E-state index contributed by atoms with van der Waals surface area (Å²) in [4.78, 5) is 13.2. The molecule has 0 spiro atoms. The molecule has 5 atom stereocenters. The third-order valence-electron chi connectivity index (χ3n) is 10.3. The van der Waals surface area contributed by atoms with Gasteiger partial charge in [0.2, 0.25) is 0 Å². The zero-order valence-electron chi connectivity index (χ0n) is 21.0. The van der Waals surface area contributed by atoms with Crippen LogP contribution in [0.4, 0.5) is 0 Å². The molecule has 0 bridgehead atoms. The summed E-state index contributed by atoms with van der Waals surface area (Å²) in [6.45, 7) is 9.14. The second-order valence-corrected chi connectivity index (χ2v) is 13.0. The summed E-state index contributed by atoms with van der Waals surface area (Å²) in [6, 6.07) is 0. The number of allylic oxidation sites excluding steroid dienone is 4. The van der Waals surface area contributed by atoms with E-state index in [4.69, 9.17) is 0 Å². The van der Waals surface area contributed by atoms with Crippen LogP contribution in [0.2, 0.25) is 0 Å². The number of hydrogen-bond donors (Lipinski definition) is 1. The number of thioether (sulfide) groups is 1. The molecule has 180 valence electrons. The monoisotopic (exact) mass is 458 g/mol. The molecule has 32 heavy (non-hydrogen) atoms. The normalized spacial score (nSPS) is 36.8. The maximum atomic E-state index is 13.2. The minimum absolute atomic E-state index is 0.168. The number of carbonyl (C=O) groups is 1. The molecule has 4 rings (SSSR count). The van der Waals surface area contributed by atoms with Gasteiger partial charge in [-0.3, -0.25) is 4.79 Å². The molecular weight excluding hydrogens is 412 g/mol. The number of ketones is 1. The van der Waals surface area contributed by atoms with E-state index in [2.05, 4.69) is 39.8 Å². The van der Waals surface area contributed by atoms with Gasteiger partial charge in [-0.1, -0.05) is 57.4 Å². The number of aliphatic hydroxyl groups is 1. The Bertz CT molecular complexity index is 763. The lowest BCUT2D eigenvalue weighted by atomic mass is 9.50. The van der Waals surface area contributed by atoms with Crippen LogP contribution < -0.4 is 0 Å². The summed E-state index contributed by atoms with van der Waals surface area (Å²) >= 11 is 1.99. The molecule has 2 nitrogen and oxygen atoms in total. The average Bonchev–Trinajstić information content (AvgIpc) is 3.05. The molecule has 0 heterocycles. The van der Waals surface area contributed by atoms with Crippen LogP contribution in [-0.2, 0) is 4.79 Å². The van der Waals surface area contributed by atoms with E-state index in [-0.39, 0.29) is 11.3 Å². The van der Waals surface area contributed by atoms with E-state index in [1.807, 2.05) is 11.8 Å². The molecular formula is C29H46O2S. The van der Waals surface area contributed by atoms with Crippen LogP contribution in [0.25, 0.3) is 0 Å². The van der Waals surface area contributed by atoms with Crippen molar-refractivity contribution in [2.45, 2.75) is 110 Å². The quantitative estimate of drug-likeness (QED) is 0.363. The molecule has 0 aromatic rings. The van der Waals surface area contributed by atoms with E-state index in [0.29, 0.717) is 23.0 Å². The highest BCUT2D eigenvalue weighted by Crippen LogP contribution is 2.64. The average molecular weight is 459 g/mol. The molecule has 3 heteroatoms. The van der Waals surface area contributed by atoms with Crippen LogP contribution in [-0.4, -0.2) is 28.0 Å². The third-order valence-corrected chi connectivity index (χ3v) is 11.4. The second-order valence-electron chi connectivity index (χ2n) is 11.8. The van der Waals surface area contributed by atoms with Crippen molar-refractivity contribution in [2.75, 3.05) is 11.5 Å². The lowest BCUT2D eigenvalue weighted by molar-refractivity contribution is -0.122. The Morgan fingerprint density at radius 2 is 1.88 bits per heavy atom. The topological polar surface area (TPSA) is 37.3 Å². The largest absolute Gasteiger partial charge is 0.390 e. The summed E-state index contributed by atoms with van der Waals surface area (Å²) in [7, 11) is 0. The van der Waals surface area contributed by atoms with E-state index in [1.54, 1.807) is 11.1 Å². The Balaban J connectivity index is 1.36. The fraction of sp³-hybridized carbons (Fsp3) is 0.828. The Labute approximate surface area is 201 Å². The van der Waals surface area contributed by atoms with E-state index in [0.717, 1.165) is 50.0 Å². The zero-order chi connectivity index (χ0) is 23.0. The van der Waals surface area contributed by atoms with Crippen LogP contribution in [0.1, 0.15) is 105 Å². The highest BCUT2D eigenvalue weighted by molar-refractivity contribution is 7.99. The maximum absolute atomic E-state index is 13.2. The van der Waals surface area contributed by atoms with Crippen molar-refractivity contribution in [2.24, 2.45) is 28.6 Å². The molecule has 3 saturated carbocycles. The summed E-state index contributed by atoms with van der Waals surface area (Å²) in [5, 5.41) is 10.5. The molecule has 1 N–H and O–H groups in total. The van der Waals surface area contributed by atoms with Crippen LogP contribution in [0, 0.1) is 28.6 Å². The number of hydrogen-bond acceptors (Lipinski definition) is 3. The van der Waals surface area contributed by atoms with Gasteiger partial charge in [-0.15, -0.1) is 0 Å². The predicted molar refractivity (Wildman–Crippen MR) is 137 cm³/mol. The third kappa shape index (κ3) is 4.30. The fourth-order valence-electron chi connectivity index (χ4n) is 7.84. The molecule has 0 saturated heterocycles. The summed E-state index contributed by atoms with van der Waals surface area (Å²) in [5.74, 6) is 4.12. The van der Waals surface area contributed by atoms with Gasteiger partial charge in [-0.2, -0.15) is 11.8 Å². The van der Waals surface area contributed by atoms with E-state index < -0.39 is 5.60 Å². The fourth-order valence-corrected chi connectivity index (χ4v) is 8.80. The molecule has 0 aromatic heterocycles. The van der Waals surface area contributed by atoms with E-state index in [9.17, 15) is 9.90 Å². The van der Waals surface area contributed by atoms with Crippen LogP contribution in [0.3, 0.4) is 0 Å². The second kappa shape index (κ2) is 9.61. The number of carbonyl (C=O) groups excluding carboxylic acids is 1. The standard InChI is InChI=1S/C29H46O2S/c1-5-29(31,6-2)16-9-18-32-19-14-24-26(30)20-25-22-12-11-21-10-7-8-15-27(21,3)23(22)13-17-28(24,25)4/h11-12,23-25,31H,5-10,13-20H2,1-4H3/t23-,24-,25-,27-,28+/m0/s1. The maximum Gasteiger partial charge on any atom is 0.137 e. The Hall–Kier alpha value is -0.540. The van der Waals surface area contributed by atoms with Crippen LogP contribution in [0.15, 0.2) is 23.3 Å². The van der Waals surface area contributed by atoms with Crippen molar-refractivity contribution < 1.29 is 9.90 Å². The smallest absolute Gasteiger partial charge is 0.137 e. The predicted octanol–water partition coefficient (Wildman–Crippen LogP) is 7.51. The van der Waals surface area contributed by atoms with Crippen molar-refractivity contribution in [3.63, 3.8) is 0 Å². The zero-order valence-corrected chi connectivity index (χ0v) is 21.9.